The van der Waals surface area contributed by atoms with Gasteiger partial charge >= 0.3 is 24.3 Å². The van der Waals surface area contributed by atoms with Gasteiger partial charge in [-0.1, -0.05) is 29.8 Å². The number of hydrogen-bond acceptors (Lipinski definition) is 9. The topological polar surface area (TPSA) is 141 Å². The fourth-order valence-electron chi connectivity index (χ4n) is 8.82. The summed E-state index contributed by atoms with van der Waals surface area (Å²) in [5, 5.41) is 2.62. The van der Waals surface area contributed by atoms with E-state index < -0.39 is 35.5 Å². The summed E-state index contributed by atoms with van der Waals surface area (Å²) in [7, 11) is 3.97. The number of urea groups is 1. The molecule has 4 aliphatic rings. The van der Waals surface area contributed by atoms with Crippen LogP contribution in [0.3, 0.4) is 0 Å². The lowest BCUT2D eigenvalue weighted by atomic mass is 9.78. The van der Waals surface area contributed by atoms with Gasteiger partial charge in [-0.3, -0.25) is 9.59 Å². The molecule has 4 amide bonds. The number of nitrogens with two attached hydrogens (primary N) is 1. The van der Waals surface area contributed by atoms with Gasteiger partial charge in [0, 0.05) is 64.0 Å². The highest BCUT2D eigenvalue weighted by Gasteiger charge is 2.39. The van der Waals surface area contributed by atoms with Gasteiger partial charge in [0.2, 0.25) is 0 Å². The third-order valence-electron chi connectivity index (χ3n) is 12.3. The minimum atomic E-state index is -4.78. The molecule has 0 saturated carbocycles. The molecule has 0 aliphatic carbocycles. The maximum absolute atomic E-state index is 14.2. The molecule has 0 bridgehead atoms. The number of ether oxygens (including phenoxy) is 2. The van der Waals surface area contributed by atoms with Crippen LogP contribution in [0.4, 0.5) is 34.1 Å². The van der Waals surface area contributed by atoms with Crippen molar-refractivity contribution < 1.29 is 41.8 Å². The molecule has 0 aromatic heterocycles. The molecule has 0 unspecified atom stereocenters. The maximum Gasteiger partial charge on any atom is 0.418 e. The van der Waals surface area contributed by atoms with E-state index >= 15 is 0 Å². The number of fused-ring (bicyclic) bond motifs is 1. The fourth-order valence-corrected chi connectivity index (χ4v) is 9.07. The highest BCUT2D eigenvalue weighted by molar-refractivity contribution is 6.33. The molecule has 3 fully saturated rings. The van der Waals surface area contributed by atoms with Crippen molar-refractivity contribution >= 4 is 47.0 Å². The Morgan fingerprint density at radius 3 is 2.25 bits per heavy atom. The van der Waals surface area contributed by atoms with Crippen LogP contribution in [0.25, 0.3) is 0 Å². The number of para-hydroxylation sites is 1. The minimum absolute atomic E-state index is 0.0667. The summed E-state index contributed by atoms with van der Waals surface area (Å²) < 4.78 is 53.0. The molecule has 3 saturated heterocycles. The van der Waals surface area contributed by atoms with E-state index in [4.69, 9.17) is 26.8 Å². The number of likely N-dealkylation sites (tertiary alicyclic amines) is 3. The van der Waals surface area contributed by atoms with Crippen molar-refractivity contribution in [3.8, 4) is 0 Å². The van der Waals surface area contributed by atoms with Crippen molar-refractivity contribution in [2.75, 3.05) is 84.1 Å². The second kappa shape index (κ2) is 19.9. The summed E-state index contributed by atoms with van der Waals surface area (Å²) >= 11 is 6.15. The Kier molecular flexibility index (Phi) is 14.9. The largest absolute Gasteiger partial charge is 0.466 e. The Morgan fingerprint density at radius 2 is 1.59 bits per heavy atom. The summed E-state index contributed by atoms with van der Waals surface area (Å²) in [6.07, 6.45) is -1.61. The van der Waals surface area contributed by atoms with Crippen LogP contribution in [0.2, 0.25) is 5.02 Å². The summed E-state index contributed by atoms with van der Waals surface area (Å²) in [6.45, 7) is 5.58. The minimum Gasteiger partial charge on any atom is -0.466 e. The van der Waals surface area contributed by atoms with Gasteiger partial charge in [-0.15, -0.1) is 0 Å². The van der Waals surface area contributed by atoms with Gasteiger partial charge in [0.05, 0.1) is 29.3 Å². The number of halogens is 4. The number of carbonyl (C=O) groups is 4. The number of benzene rings is 2. The van der Waals surface area contributed by atoms with Gasteiger partial charge in [0.15, 0.2) is 6.10 Å². The van der Waals surface area contributed by atoms with E-state index in [2.05, 4.69) is 15.1 Å². The fraction of sp³-hybridized carbons (Fsp3) is 0.619. The molecule has 0 spiro atoms. The number of esters is 1. The third kappa shape index (κ3) is 11.7. The van der Waals surface area contributed by atoms with Crippen molar-refractivity contribution in [1.29, 1.82) is 0 Å². The Bertz CT molecular complexity index is 1790. The number of rotatable bonds is 13. The van der Waals surface area contributed by atoms with Gasteiger partial charge < -0.3 is 45.0 Å². The van der Waals surface area contributed by atoms with Crippen LogP contribution < -0.4 is 11.1 Å². The number of alkyl halides is 3. The lowest BCUT2D eigenvalue weighted by Crippen LogP contribution is -2.52. The summed E-state index contributed by atoms with van der Waals surface area (Å²) in [5.74, 6) is 0.222. The normalized spacial score (nSPS) is 19.4. The quantitative estimate of drug-likeness (QED) is 0.134. The Morgan fingerprint density at radius 1 is 0.949 bits per heavy atom. The van der Waals surface area contributed by atoms with Crippen molar-refractivity contribution in [2.45, 2.75) is 82.7 Å². The smallest absolute Gasteiger partial charge is 0.418 e. The van der Waals surface area contributed by atoms with E-state index in [0.29, 0.717) is 63.9 Å². The molecule has 17 heteroatoms. The third-order valence-corrected chi connectivity index (χ3v) is 12.6. The first-order valence-corrected chi connectivity index (χ1v) is 21.1. The average Bonchev–Trinajstić information content (AvgIpc) is 3.22. The molecule has 4 heterocycles. The van der Waals surface area contributed by atoms with Gasteiger partial charge in [-0.2, -0.15) is 13.2 Å². The van der Waals surface area contributed by atoms with Crippen LogP contribution in [0.15, 0.2) is 36.4 Å². The number of amides is 4. The van der Waals surface area contributed by atoms with Crippen LogP contribution in [-0.4, -0.2) is 134 Å². The first-order chi connectivity index (χ1) is 28.2. The van der Waals surface area contributed by atoms with Gasteiger partial charge in [0.1, 0.15) is 0 Å². The van der Waals surface area contributed by atoms with Crippen LogP contribution in [0, 0.1) is 11.8 Å². The highest BCUT2D eigenvalue weighted by atomic mass is 35.5. The molecular formula is C42H57ClF3N7O6. The first-order valence-electron chi connectivity index (χ1n) is 20.7. The molecule has 2 aromatic rings. The molecule has 13 nitrogen and oxygen atoms in total. The van der Waals surface area contributed by atoms with Crippen molar-refractivity contribution in [3.05, 3.63) is 58.1 Å². The van der Waals surface area contributed by atoms with Gasteiger partial charge in [-0.25, -0.2) is 9.59 Å². The Labute approximate surface area is 349 Å². The van der Waals surface area contributed by atoms with E-state index in [-0.39, 0.29) is 48.1 Å². The molecule has 2 aromatic carbocycles. The maximum atomic E-state index is 14.2. The number of piperidine rings is 3. The van der Waals surface area contributed by atoms with Crippen molar-refractivity contribution in [2.24, 2.45) is 11.8 Å². The van der Waals surface area contributed by atoms with Crippen LogP contribution in [0.5, 0.6) is 0 Å². The monoisotopic (exact) mass is 847 g/mol. The van der Waals surface area contributed by atoms with E-state index in [0.717, 1.165) is 69.1 Å². The predicted molar refractivity (Wildman–Crippen MR) is 218 cm³/mol. The predicted octanol–water partition coefficient (Wildman–Crippen LogP) is 6.34. The zero-order chi connectivity index (χ0) is 42.3. The van der Waals surface area contributed by atoms with E-state index in [1.54, 1.807) is 9.80 Å². The van der Waals surface area contributed by atoms with Gasteiger partial charge in [-0.05, 0) is 113 Å². The van der Waals surface area contributed by atoms with Crippen LogP contribution in [0.1, 0.15) is 68.1 Å². The number of nitrogens with zero attached hydrogens (tertiary/aromatic N) is 5. The number of anilines is 2. The van der Waals surface area contributed by atoms with Crippen LogP contribution in [-0.2, 0) is 38.2 Å². The molecular weight excluding hydrogens is 791 g/mol. The Hall–Kier alpha value is -4.28. The standard InChI is InChI=1S/C42H57ClF3N7O6/c1-49(2)15-5-23-58-37(54)14-18-50-16-8-29(9-17-50)30-10-19-51(20-11-30)39(55)36(26-28-24-33(42(44,45)46)38(47)34(43)25-28)59-41(57)52-21-12-32(13-22-52)53-27-31-6-3-4-7-35(31)48-40(53)56/h3-4,6-7,24-25,29-30,32,36H,5,8-23,26-27,47H2,1-2H3,(H,48,56)/t36-/m1/s1. The molecule has 1 atom stereocenters. The summed E-state index contributed by atoms with van der Waals surface area (Å²) in [6, 6.07) is 9.41. The number of carbonyl (C=O) groups excluding carboxylic acids is 4. The van der Waals surface area contributed by atoms with Crippen LogP contribution >= 0.6 is 11.6 Å². The van der Waals surface area contributed by atoms with E-state index in [1.165, 1.54) is 11.0 Å². The molecule has 3 N–H and O–H groups in total. The Balaban J connectivity index is 1.03. The highest BCUT2D eigenvalue weighted by Crippen LogP contribution is 2.39. The summed E-state index contributed by atoms with van der Waals surface area (Å²) in [5.41, 5.74) is 5.80. The number of nitrogens with one attached hydrogen (secondary N) is 1. The average molecular weight is 848 g/mol. The van der Waals surface area contributed by atoms with Crippen molar-refractivity contribution in [1.82, 2.24) is 24.5 Å². The second-order valence-electron chi connectivity index (χ2n) is 16.5. The van der Waals surface area contributed by atoms with Crippen molar-refractivity contribution in [3.63, 3.8) is 0 Å². The second-order valence-corrected chi connectivity index (χ2v) is 16.9. The number of hydrogen-bond donors (Lipinski definition) is 2. The van der Waals surface area contributed by atoms with E-state index in [9.17, 15) is 32.3 Å². The van der Waals surface area contributed by atoms with Gasteiger partial charge in [0.25, 0.3) is 5.91 Å². The zero-order valence-corrected chi connectivity index (χ0v) is 34.7. The molecule has 6 rings (SSSR count). The number of nitrogen functional groups attached to an aromatic ring is 1. The SMILES string of the molecule is CN(C)CCCOC(=O)CCN1CCC(C2CCN(C(=O)[C@@H](Cc3cc(Cl)c(N)c(C(F)(F)F)c3)OC(=O)N3CCC(N4Cc5ccccc5NC4=O)CC3)CC2)CC1. The lowest BCUT2D eigenvalue weighted by Gasteiger charge is -2.41. The molecule has 4 aliphatic heterocycles. The summed E-state index contributed by atoms with van der Waals surface area (Å²) in [4.78, 5) is 62.2. The molecule has 0 radical (unpaired) electrons. The van der Waals surface area contributed by atoms with E-state index in [1.807, 2.05) is 38.4 Å². The molecule has 324 valence electrons. The zero-order valence-electron chi connectivity index (χ0n) is 34.0. The lowest BCUT2D eigenvalue weighted by molar-refractivity contribution is -0.144. The first kappa shape index (κ1) is 44.3. The molecule has 59 heavy (non-hydrogen) atoms.